The molecule has 7 heteroatoms. The number of hydrogen-bond donors (Lipinski definition) is 2. The number of nitrogens with zero attached hydrogens (tertiary/aromatic N) is 1. The summed E-state index contributed by atoms with van der Waals surface area (Å²) < 4.78 is 0. The van der Waals surface area contributed by atoms with Crippen LogP contribution in [0.1, 0.15) is 29.1 Å². The monoisotopic (exact) mass is 387 g/mol. The second-order valence-corrected chi connectivity index (χ2v) is 7.77. The van der Waals surface area contributed by atoms with Crippen molar-refractivity contribution in [3.63, 3.8) is 0 Å². The van der Waals surface area contributed by atoms with Gasteiger partial charge in [0.2, 0.25) is 11.8 Å². The number of amides is 3. The largest absolute Gasteiger partial charge is 0.349 e. The summed E-state index contributed by atoms with van der Waals surface area (Å²) in [5, 5.41) is 7.45. The summed E-state index contributed by atoms with van der Waals surface area (Å²) in [5.74, 6) is -0.572. The van der Waals surface area contributed by atoms with Gasteiger partial charge in [0.1, 0.15) is 6.04 Å². The van der Waals surface area contributed by atoms with Gasteiger partial charge in [-0.15, -0.1) is 11.3 Å². The van der Waals surface area contributed by atoms with E-state index in [2.05, 4.69) is 10.6 Å². The number of likely N-dealkylation sites (N-methyl/N-ethyl adjacent to an activating group) is 1. The van der Waals surface area contributed by atoms with Crippen molar-refractivity contribution in [2.45, 2.75) is 26.3 Å². The molecule has 0 aliphatic carbocycles. The highest BCUT2D eigenvalue weighted by molar-refractivity contribution is 7.12. The van der Waals surface area contributed by atoms with E-state index in [0.29, 0.717) is 17.0 Å². The zero-order valence-electron chi connectivity index (χ0n) is 16.0. The number of benzene rings is 1. The lowest BCUT2D eigenvalue weighted by Crippen LogP contribution is -2.46. The fourth-order valence-electron chi connectivity index (χ4n) is 2.41. The van der Waals surface area contributed by atoms with Gasteiger partial charge in [-0.05, 0) is 35.1 Å². The third-order valence-electron chi connectivity index (χ3n) is 4.06. The zero-order valence-corrected chi connectivity index (χ0v) is 16.8. The van der Waals surface area contributed by atoms with Crippen LogP contribution in [0.3, 0.4) is 0 Å². The van der Waals surface area contributed by atoms with E-state index < -0.39 is 6.04 Å². The van der Waals surface area contributed by atoms with E-state index in [0.717, 1.165) is 5.56 Å². The quantitative estimate of drug-likeness (QED) is 0.767. The van der Waals surface area contributed by atoms with Crippen LogP contribution in [0.2, 0.25) is 0 Å². The number of carbonyl (C=O) groups is 3. The van der Waals surface area contributed by atoms with Crippen LogP contribution in [0.5, 0.6) is 0 Å². The fourth-order valence-corrected chi connectivity index (χ4v) is 3.04. The van der Waals surface area contributed by atoms with E-state index >= 15 is 0 Å². The van der Waals surface area contributed by atoms with Crippen LogP contribution in [0, 0.1) is 5.92 Å². The van der Waals surface area contributed by atoms with Crippen molar-refractivity contribution in [3.05, 3.63) is 52.2 Å². The van der Waals surface area contributed by atoms with Crippen LogP contribution in [-0.4, -0.2) is 42.8 Å². The maximum absolute atomic E-state index is 12.6. The predicted molar refractivity (Wildman–Crippen MR) is 108 cm³/mol. The smallest absolute Gasteiger partial charge is 0.262 e. The van der Waals surface area contributed by atoms with Crippen molar-refractivity contribution in [2.24, 2.45) is 5.92 Å². The minimum Gasteiger partial charge on any atom is -0.349 e. The number of carbonyl (C=O) groups excluding carboxylic acids is 3. The molecule has 2 rings (SSSR count). The molecule has 2 aromatic rings. The van der Waals surface area contributed by atoms with Gasteiger partial charge in [0.15, 0.2) is 0 Å². The Morgan fingerprint density at radius 2 is 1.74 bits per heavy atom. The average Bonchev–Trinajstić information content (AvgIpc) is 3.15. The molecule has 1 atom stereocenters. The van der Waals surface area contributed by atoms with Crippen LogP contribution in [-0.2, 0) is 16.0 Å². The summed E-state index contributed by atoms with van der Waals surface area (Å²) in [6.07, 6.45) is 0.312. The summed E-state index contributed by atoms with van der Waals surface area (Å²) in [5.41, 5.74) is 1.50. The molecule has 1 unspecified atom stereocenters. The van der Waals surface area contributed by atoms with E-state index in [1.54, 1.807) is 43.3 Å². The first-order valence-corrected chi connectivity index (χ1v) is 9.60. The van der Waals surface area contributed by atoms with E-state index in [4.69, 9.17) is 0 Å². The molecule has 3 amide bonds. The Hall–Kier alpha value is -2.67. The Morgan fingerprint density at radius 3 is 2.26 bits per heavy atom. The van der Waals surface area contributed by atoms with Crippen LogP contribution in [0.4, 0.5) is 5.69 Å². The first-order valence-electron chi connectivity index (χ1n) is 8.72. The van der Waals surface area contributed by atoms with Gasteiger partial charge in [0, 0.05) is 19.8 Å². The molecular formula is C20H25N3O3S. The summed E-state index contributed by atoms with van der Waals surface area (Å²) in [6, 6.07) is 10.0. The maximum atomic E-state index is 12.6. The average molecular weight is 388 g/mol. The van der Waals surface area contributed by atoms with Crippen molar-refractivity contribution in [3.8, 4) is 0 Å². The molecule has 1 aromatic carbocycles. The van der Waals surface area contributed by atoms with Gasteiger partial charge >= 0.3 is 0 Å². The van der Waals surface area contributed by atoms with Crippen molar-refractivity contribution in [1.29, 1.82) is 0 Å². The molecule has 144 valence electrons. The third-order valence-corrected chi connectivity index (χ3v) is 4.92. The Bertz CT molecular complexity index is 783. The molecule has 1 heterocycles. The minimum atomic E-state index is -0.644. The van der Waals surface area contributed by atoms with Gasteiger partial charge in [0.25, 0.3) is 5.91 Å². The van der Waals surface area contributed by atoms with Crippen molar-refractivity contribution in [2.75, 3.05) is 19.4 Å². The summed E-state index contributed by atoms with van der Waals surface area (Å²) >= 11 is 1.33. The lowest BCUT2D eigenvalue weighted by molar-refractivity contribution is -0.128. The maximum Gasteiger partial charge on any atom is 0.262 e. The zero-order chi connectivity index (χ0) is 20.0. The first kappa shape index (κ1) is 20.6. The van der Waals surface area contributed by atoms with Gasteiger partial charge in [-0.2, -0.15) is 0 Å². The van der Waals surface area contributed by atoms with Gasteiger partial charge < -0.3 is 15.5 Å². The van der Waals surface area contributed by atoms with Gasteiger partial charge in [-0.25, -0.2) is 0 Å². The molecule has 0 radical (unpaired) electrons. The van der Waals surface area contributed by atoms with Gasteiger partial charge in [-0.3, -0.25) is 14.4 Å². The van der Waals surface area contributed by atoms with E-state index in [9.17, 15) is 14.4 Å². The molecule has 0 aliphatic heterocycles. The van der Waals surface area contributed by atoms with Gasteiger partial charge in [-0.1, -0.05) is 32.0 Å². The first-order chi connectivity index (χ1) is 12.8. The molecule has 2 N–H and O–H groups in total. The molecule has 0 saturated carbocycles. The Balaban J connectivity index is 2.00. The standard InChI is InChI=1S/C20H25N3O3S/c1-13(2)18(22-19(25)16-6-5-11-27-16)20(26)21-15-9-7-14(8-10-15)12-17(24)23(3)4/h5-11,13,18H,12H2,1-4H3,(H,21,26)(H,22,25). The van der Waals surface area contributed by atoms with E-state index in [-0.39, 0.29) is 23.6 Å². The molecule has 6 nitrogen and oxygen atoms in total. The molecule has 0 bridgehead atoms. The number of rotatable bonds is 7. The Labute approximate surface area is 163 Å². The molecule has 0 spiro atoms. The number of hydrogen-bond acceptors (Lipinski definition) is 4. The van der Waals surface area contributed by atoms with Crippen LogP contribution in [0.25, 0.3) is 0 Å². The van der Waals surface area contributed by atoms with Crippen LogP contribution in [0.15, 0.2) is 41.8 Å². The number of anilines is 1. The van der Waals surface area contributed by atoms with Crippen LogP contribution >= 0.6 is 11.3 Å². The lowest BCUT2D eigenvalue weighted by atomic mass is 10.0. The summed E-state index contributed by atoms with van der Waals surface area (Å²) in [6.45, 7) is 3.77. The molecule has 27 heavy (non-hydrogen) atoms. The minimum absolute atomic E-state index is 0.0166. The van der Waals surface area contributed by atoms with E-state index in [1.165, 1.54) is 11.3 Å². The highest BCUT2D eigenvalue weighted by atomic mass is 32.1. The Kier molecular flexibility index (Phi) is 7.12. The third kappa shape index (κ3) is 5.92. The molecule has 0 saturated heterocycles. The van der Waals surface area contributed by atoms with Crippen molar-refractivity contribution < 1.29 is 14.4 Å². The lowest BCUT2D eigenvalue weighted by Gasteiger charge is -2.21. The predicted octanol–water partition coefficient (Wildman–Crippen LogP) is 2.77. The Morgan fingerprint density at radius 1 is 1.07 bits per heavy atom. The molecular weight excluding hydrogens is 362 g/mol. The molecule has 0 aliphatic rings. The van der Waals surface area contributed by atoms with Crippen molar-refractivity contribution in [1.82, 2.24) is 10.2 Å². The summed E-state index contributed by atoms with van der Waals surface area (Å²) in [4.78, 5) is 38.8. The highest BCUT2D eigenvalue weighted by Crippen LogP contribution is 2.14. The van der Waals surface area contributed by atoms with Gasteiger partial charge in [0.05, 0.1) is 11.3 Å². The summed E-state index contributed by atoms with van der Waals surface area (Å²) in [7, 11) is 3.43. The second-order valence-electron chi connectivity index (χ2n) is 6.82. The number of nitrogens with one attached hydrogen (secondary N) is 2. The second kappa shape index (κ2) is 9.32. The SMILES string of the molecule is CC(C)C(NC(=O)c1cccs1)C(=O)Nc1ccc(CC(=O)N(C)C)cc1. The highest BCUT2D eigenvalue weighted by Gasteiger charge is 2.25. The fraction of sp³-hybridized carbons (Fsp3) is 0.350. The van der Waals surface area contributed by atoms with Crippen LogP contribution < -0.4 is 10.6 Å². The number of thiophene rings is 1. The molecule has 0 fully saturated rings. The topological polar surface area (TPSA) is 78.5 Å². The molecule has 1 aromatic heterocycles. The van der Waals surface area contributed by atoms with Crippen molar-refractivity contribution >= 4 is 34.7 Å². The van der Waals surface area contributed by atoms with E-state index in [1.807, 2.05) is 31.4 Å². The normalized spacial score (nSPS) is 11.7.